The highest BCUT2D eigenvalue weighted by Gasteiger charge is 2.34. The average molecular weight is 173 g/mol. The van der Waals surface area contributed by atoms with Gasteiger partial charge >= 0.3 is 0 Å². The topological polar surface area (TPSA) is 29.1 Å². The molecule has 3 rings (SSSR count). The molecule has 1 heterocycles. The lowest BCUT2D eigenvalue weighted by Crippen LogP contribution is -2.27. The van der Waals surface area contributed by atoms with Crippen LogP contribution >= 0.6 is 0 Å². The number of fused-ring (bicyclic) bond motifs is 3. The Balaban J connectivity index is 2.18. The Hall–Kier alpha value is -1.31. The fourth-order valence-electron chi connectivity index (χ4n) is 2.37. The van der Waals surface area contributed by atoms with Gasteiger partial charge in [-0.05, 0) is 24.0 Å². The van der Waals surface area contributed by atoms with Gasteiger partial charge in [0.05, 0.1) is 5.70 Å². The molecule has 1 atom stereocenters. The van der Waals surface area contributed by atoms with Gasteiger partial charge in [0.25, 0.3) is 0 Å². The third-order valence-corrected chi connectivity index (χ3v) is 3.03. The van der Waals surface area contributed by atoms with Crippen LogP contribution in [0.25, 0.3) is 0 Å². The number of ketones is 1. The largest absolute Gasteiger partial charge is 0.382 e. The smallest absolute Gasteiger partial charge is 0.186 e. The minimum atomic E-state index is 0.115. The summed E-state index contributed by atoms with van der Waals surface area (Å²) in [6.07, 6.45) is 8.12. The number of carbonyl (C=O) groups is 1. The van der Waals surface area contributed by atoms with Gasteiger partial charge in [0, 0.05) is 12.5 Å². The summed E-state index contributed by atoms with van der Waals surface area (Å²) in [4.78, 5) is 11.8. The first-order valence-electron chi connectivity index (χ1n) is 4.75. The zero-order valence-electron chi connectivity index (χ0n) is 7.34. The zero-order valence-corrected chi connectivity index (χ0v) is 7.34. The van der Waals surface area contributed by atoms with Crippen molar-refractivity contribution in [2.45, 2.75) is 12.8 Å². The van der Waals surface area contributed by atoms with Crippen molar-refractivity contribution >= 4 is 5.78 Å². The summed E-state index contributed by atoms with van der Waals surface area (Å²) in [6, 6.07) is 0. The van der Waals surface area contributed by atoms with E-state index >= 15 is 0 Å². The molecule has 2 heteroatoms. The first-order chi connectivity index (χ1) is 6.36. The van der Waals surface area contributed by atoms with Gasteiger partial charge in [-0.3, -0.25) is 4.79 Å². The van der Waals surface area contributed by atoms with Crippen molar-refractivity contribution in [1.29, 1.82) is 0 Å². The molecule has 1 aliphatic heterocycles. The van der Waals surface area contributed by atoms with Crippen LogP contribution in [-0.4, -0.2) is 12.3 Å². The molecule has 0 amide bonds. The van der Waals surface area contributed by atoms with Crippen LogP contribution in [0.15, 0.2) is 35.1 Å². The van der Waals surface area contributed by atoms with Crippen LogP contribution in [0.3, 0.4) is 0 Å². The molecule has 1 unspecified atom stereocenters. The van der Waals surface area contributed by atoms with Gasteiger partial charge < -0.3 is 5.32 Å². The summed E-state index contributed by atoms with van der Waals surface area (Å²) < 4.78 is 0. The number of rotatable bonds is 0. The maximum atomic E-state index is 11.8. The number of nitrogens with one attached hydrogen (secondary N) is 1. The van der Waals surface area contributed by atoms with Gasteiger partial charge in [-0.25, -0.2) is 0 Å². The fourth-order valence-corrected chi connectivity index (χ4v) is 2.37. The molecule has 2 bridgehead atoms. The predicted molar refractivity (Wildman–Crippen MR) is 50.0 cm³/mol. The molecule has 1 N–H and O–H groups in total. The van der Waals surface area contributed by atoms with Crippen molar-refractivity contribution in [3.05, 3.63) is 35.1 Å². The Kier molecular flexibility index (Phi) is 1.29. The van der Waals surface area contributed by atoms with Gasteiger partial charge in [-0.15, -0.1) is 0 Å². The summed E-state index contributed by atoms with van der Waals surface area (Å²) in [5.74, 6) is 0.407. The summed E-state index contributed by atoms with van der Waals surface area (Å²) in [6.45, 7) is 0.931. The van der Waals surface area contributed by atoms with Crippen LogP contribution < -0.4 is 5.32 Å². The molecular formula is C11H11NO. The van der Waals surface area contributed by atoms with Crippen LogP contribution in [-0.2, 0) is 4.79 Å². The molecule has 2 nitrogen and oxygen atoms in total. The summed E-state index contributed by atoms with van der Waals surface area (Å²) >= 11 is 0. The Morgan fingerprint density at radius 1 is 1.46 bits per heavy atom. The highest BCUT2D eigenvalue weighted by atomic mass is 16.1. The van der Waals surface area contributed by atoms with E-state index in [1.165, 1.54) is 11.1 Å². The molecule has 13 heavy (non-hydrogen) atoms. The molecule has 0 aromatic heterocycles. The van der Waals surface area contributed by atoms with Gasteiger partial charge in [0.1, 0.15) is 0 Å². The minimum Gasteiger partial charge on any atom is -0.382 e. The summed E-state index contributed by atoms with van der Waals surface area (Å²) in [5.41, 5.74) is 3.53. The van der Waals surface area contributed by atoms with Crippen molar-refractivity contribution in [2.75, 3.05) is 6.54 Å². The number of allylic oxidation sites excluding steroid dienone is 5. The Morgan fingerprint density at radius 2 is 2.38 bits per heavy atom. The third-order valence-electron chi connectivity index (χ3n) is 3.03. The van der Waals surface area contributed by atoms with E-state index in [-0.39, 0.29) is 5.92 Å². The molecule has 66 valence electrons. The van der Waals surface area contributed by atoms with Gasteiger partial charge in [-0.1, -0.05) is 18.2 Å². The Bertz CT molecular complexity index is 374. The van der Waals surface area contributed by atoms with Crippen molar-refractivity contribution in [3.63, 3.8) is 0 Å². The number of carbonyl (C=O) groups excluding carboxylic acids is 1. The van der Waals surface area contributed by atoms with E-state index in [0.717, 1.165) is 25.1 Å². The normalized spacial score (nSPS) is 30.0. The lowest BCUT2D eigenvalue weighted by molar-refractivity contribution is -0.118. The molecule has 0 fully saturated rings. The lowest BCUT2D eigenvalue weighted by atomic mass is 9.80. The highest BCUT2D eigenvalue weighted by molar-refractivity contribution is 6.01. The quantitative estimate of drug-likeness (QED) is 0.598. The average Bonchev–Trinajstić information content (AvgIpc) is 2.64. The standard InChI is InChI=1S/C11H11NO/c13-11-8-3-1-2-7(6-8)9-4-5-12-10(9)11/h1-3,8,12H,4-6H2. The van der Waals surface area contributed by atoms with Crippen LogP contribution in [0.5, 0.6) is 0 Å². The maximum absolute atomic E-state index is 11.8. The van der Waals surface area contributed by atoms with Gasteiger partial charge in [0.2, 0.25) is 0 Å². The van der Waals surface area contributed by atoms with E-state index in [9.17, 15) is 4.79 Å². The molecule has 0 aromatic rings. The van der Waals surface area contributed by atoms with Crippen LogP contribution in [0.2, 0.25) is 0 Å². The van der Waals surface area contributed by atoms with Gasteiger partial charge in [0.15, 0.2) is 5.78 Å². The first-order valence-corrected chi connectivity index (χ1v) is 4.75. The van der Waals surface area contributed by atoms with Crippen molar-refractivity contribution in [1.82, 2.24) is 5.32 Å². The second-order valence-corrected chi connectivity index (χ2v) is 3.78. The van der Waals surface area contributed by atoms with Gasteiger partial charge in [-0.2, -0.15) is 0 Å². The monoisotopic (exact) mass is 173 g/mol. The van der Waals surface area contributed by atoms with Crippen LogP contribution in [0.1, 0.15) is 12.8 Å². The number of hydrogen-bond donors (Lipinski definition) is 1. The van der Waals surface area contributed by atoms with Crippen LogP contribution in [0.4, 0.5) is 0 Å². The number of Topliss-reactive ketones (excluding diaryl/α,β-unsaturated/α-hetero) is 1. The Labute approximate surface area is 77.0 Å². The summed E-state index contributed by atoms with van der Waals surface area (Å²) in [7, 11) is 0. The van der Waals surface area contributed by atoms with E-state index in [4.69, 9.17) is 0 Å². The maximum Gasteiger partial charge on any atom is 0.186 e. The lowest BCUT2D eigenvalue weighted by Gasteiger charge is -2.24. The second kappa shape index (κ2) is 2.34. The summed E-state index contributed by atoms with van der Waals surface area (Å²) in [5, 5.41) is 3.19. The predicted octanol–water partition coefficient (Wildman–Crippen LogP) is 1.32. The molecule has 0 saturated carbocycles. The second-order valence-electron chi connectivity index (χ2n) is 3.78. The number of hydrogen-bond acceptors (Lipinski definition) is 2. The molecule has 0 radical (unpaired) electrons. The minimum absolute atomic E-state index is 0.115. The van der Waals surface area contributed by atoms with E-state index in [2.05, 4.69) is 11.4 Å². The van der Waals surface area contributed by atoms with Crippen molar-refractivity contribution < 1.29 is 4.79 Å². The fraction of sp³-hybridized carbons (Fsp3) is 0.364. The first kappa shape index (κ1) is 7.13. The molecule has 0 spiro atoms. The molecule has 2 aliphatic carbocycles. The van der Waals surface area contributed by atoms with E-state index in [0.29, 0.717) is 5.78 Å². The van der Waals surface area contributed by atoms with E-state index < -0.39 is 0 Å². The molecule has 0 saturated heterocycles. The van der Waals surface area contributed by atoms with E-state index in [1.54, 1.807) is 0 Å². The van der Waals surface area contributed by atoms with Crippen molar-refractivity contribution in [2.24, 2.45) is 5.92 Å². The van der Waals surface area contributed by atoms with E-state index in [1.807, 2.05) is 12.2 Å². The third kappa shape index (κ3) is 0.857. The Morgan fingerprint density at radius 3 is 3.31 bits per heavy atom. The molecular weight excluding hydrogens is 162 g/mol. The zero-order chi connectivity index (χ0) is 8.84. The molecule has 0 aromatic carbocycles. The van der Waals surface area contributed by atoms with Crippen LogP contribution in [0, 0.1) is 5.92 Å². The van der Waals surface area contributed by atoms with Crippen molar-refractivity contribution in [3.8, 4) is 0 Å². The molecule has 3 aliphatic rings. The SMILES string of the molecule is O=C1C2=C(CCN2)C2=CC=CC1C2. The highest BCUT2D eigenvalue weighted by Crippen LogP contribution is 2.37.